The van der Waals surface area contributed by atoms with Gasteiger partial charge in [0.15, 0.2) is 11.0 Å². The van der Waals surface area contributed by atoms with E-state index in [0.29, 0.717) is 28.8 Å². The molecule has 0 spiro atoms. The fourth-order valence-electron chi connectivity index (χ4n) is 3.17. The maximum absolute atomic E-state index is 12.6. The molecule has 0 saturated heterocycles. The van der Waals surface area contributed by atoms with E-state index in [2.05, 4.69) is 20.8 Å². The number of aryl methyl sites for hydroxylation is 1. The van der Waals surface area contributed by atoms with Crippen molar-refractivity contribution in [2.45, 2.75) is 38.5 Å². The third kappa shape index (κ3) is 6.19. The monoisotopic (exact) mass is 466 g/mol. The largest absolute Gasteiger partial charge is 0.545 e. The predicted octanol–water partition coefficient (Wildman–Crippen LogP) is 2.19. The number of carbonyl (C=O) groups is 3. The number of carbonyl (C=O) groups excluding carboxylic acids is 3. The van der Waals surface area contributed by atoms with Gasteiger partial charge in [-0.2, -0.15) is 0 Å². The van der Waals surface area contributed by atoms with Crippen molar-refractivity contribution in [3.63, 3.8) is 0 Å². The molecule has 0 bridgehead atoms. The summed E-state index contributed by atoms with van der Waals surface area (Å²) in [4.78, 5) is 35.7. The van der Waals surface area contributed by atoms with E-state index < -0.39 is 5.97 Å². The third-order valence-corrected chi connectivity index (χ3v) is 5.78. The van der Waals surface area contributed by atoms with Gasteiger partial charge in [-0.05, 0) is 50.6 Å². The molecular weight excluding hydrogens is 442 g/mol. The lowest BCUT2D eigenvalue weighted by Gasteiger charge is -2.15. The van der Waals surface area contributed by atoms with E-state index in [9.17, 15) is 19.5 Å². The second-order valence-corrected chi connectivity index (χ2v) is 8.29. The summed E-state index contributed by atoms with van der Waals surface area (Å²) in [6.07, 6.45) is 0. The number of nitrogens with one attached hydrogen (secondary N) is 2. The van der Waals surface area contributed by atoms with Gasteiger partial charge in [0.2, 0.25) is 5.91 Å². The summed E-state index contributed by atoms with van der Waals surface area (Å²) < 4.78 is 1.85. The highest BCUT2D eigenvalue weighted by Gasteiger charge is 2.20. The average Bonchev–Trinajstić information content (AvgIpc) is 3.21. The van der Waals surface area contributed by atoms with Gasteiger partial charge in [0.05, 0.1) is 17.8 Å². The highest BCUT2D eigenvalue weighted by Crippen LogP contribution is 2.21. The molecule has 0 unspecified atom stereocenters. The maximum Gasteiger partial charge on any atom is 0.251 e. The van der Waals surface area contributed by atoms with E-state index in [0.717, 1.165) is 5.56 Å². The third-order valence-electron chi connectivity index (χ3n) is 4.81. The summed E-state index contributed by atoms with van der Waals surface area (Å²) >= 11 is 1.22. The summed E-state index contributed by atoms with van der Waals surface area (Å²) in [7, 11) is 0. The summed E-state index contributed by atoms with van der Waals surface area (Å²) in [5.74, 6) is -1.06. The zero-order chi connectivity index (χ0) is 24.0. The lowest BCUT2D eigenvalue weighted by Crippen LogP contribution is -2.28. The van der Waals surface area contributed by atoms with E-state index >= 15 is 0 Å². The Morgan fingerprint density at radius 2 is 1.82 bits per heavy atom. The first-order chi connectivity index (χ1) is 15.8. The zero-order valence-electron chi connectivity index (χ0n) is 18.5. The van der Waals surface area contributed by atoms with E-state index in [4.69, 9.17) is 0 Å². The van der Waals surface area contributed by atoms with Crippen LogP contribution in [-0.2, 0) is 11.3 Å². The Morgan fingerprint density at radius 3 is 2.45 bits per heavy atom. The van der Waals surface area contributed by atoms with Gasteiger partial charge in [0.25, 0.3) is 5.91 Å². The first kappa shape index (κ1) is 24.0. The Kier molecular flexibility index (Phi) is 7.83. The van der Waals surface area contributed by atoms with Gasteiger partial charge in [-0.15, -0.1) is 10.2 Å². The van der Waals surface area contributed by atoms with Crippen molar-refractivity contribution < 1.29 is 19.5 Å². The van der Waals surface area contributed by atoms with Crippen molar-refractivity contribution in [2.75, 3.05) is 11.1 Å². The van der Waals surface area contributed by atoms with Crippen LogP contribution >= 0.6 is 11.8 Å². The number of benzene rings is 2. The van der Waals surface area contributed by atoms with Crippen LogP contribution < -0.4 is 15.7 Å². The quantitative estimate of drug-likeness (QED) is 0.463. The van der Waals surface area contributed by atoms with Crippen LogP contribution in [0.15, 0.2) is 53.7 Å². The van der Waals surface area contributed by atoms with Crippen molar-refractivity contribution in [1.82, 2.24) is 20.1 Å². The summed E-state index contributed by atoms with van der Waals surface area (Å²) in [5, 5.41) is 25.4. The molecule has 10 heteroatoms. The number of rotatable bonds is 9. The number of aromatic carboxylic acids is 1. The smallest absolute Gasteiger partial charge is 0.251 e. The van der Waals surface area contributed by atoms with Crippen LogP contribution in [0.2, 0.25) is 0 Å². The highest BCUT2D eigenvalue weighted by molar-refractivity contribution is 7.99. The van der Waals surface area contributed by atoms with Crippen LogP contribution in [0.3, 0.4) is 0 Å². The molecule has 33 heavy (non-hydrogen) atoms. The van der Waals surface area contributed by atoms with Gasteiger partial charge in [-0.3, -0.25) is 9.59 Å². The van der Waals surface area contributed by atoms with Crippen molar-refractivity contribution in [1.29, 1.82) is 0 Å². The fraction of sp³-hybridized carbons (Fsp3) is 0.261. The molecule has 2 N–H and O–H groups in total. The number of thioether (sulfide) groups is 1. The number of hydrogen-bond donors (Lipinski definition) is 2. The van der Waals surface area contributed by atoms with E-state index in [1.165, 1.54) is 36.0 Å². The predicted molar refractivity (Wildman–Crippen MR) is 123 cm³/mol. The Hall–Kier alpha value is -3.66. The lowest BCUT2D eigenvalue weighted by atomic mass is 10.1. The van der Waals surface area contributed by atoms with Crippen LogP contribution in [0.4, 0.5) is 5.69 Å². The number of hydrogen-bond acceptors (Lipinski definition) is 7. The minimum atomic E-state index is -1.28. The van der Waals surface area contributed by atoms with Gasteiger partial charge in [0, 0.05) is 17.8 Å². The second kappa shape index (κ2) is 10.8. The summed E-state index contributed by atoms with van der Waals surface area (Å²) in [6.45, 7) is 6.27. The Balaban J connectivity index is 1.60. The second-order valence-electron chi connectivity index (χ2n) is 7.35. The maximum atomic E-state index is 12.6. The Bertz CT molecular complexity index is 1160. The van der Waals surface area contributed by atoms with Crippen molar-refractivity contribution in [2.24, 2.45) is 0 Å². The number of aromatic nitrogens is 3. The van der Waals surface area contributed by atoms with Crippen LogP contribution in [0, 0.1) is 6.92 Å². The molecule has 0 radical (unpaired) electrons. The van der Waals surface area contributed by atoms with Gasteiger partial charge in [-0.1, -0.05) is 41.6 Å². The molecule has 172 valence electrons. The van der Waals surface area contributed by atoms with Crippen molar-refractivity contribution in [3.05, 3.63) is 71.0 Å². The molecule has 1 aromatic heterocycles. The summed E-state index contributed by atoms with van der Waals surface area (Å²) in [5.41, 5.74) is 2.09. The first-order valence-corrected chi connectivity index (χ1v) is 11.3. The first-order valence-electron chi connectivity index (χ1n) is 10.3. The molecule has 0 aliphatic rings. The van der Waals surface area contributed by atoms with E-state index in [-0.39, 0.29) is 29.2 Å². The molecule has 0 aliphatic carbocycles. The van der Waals surface area contributed by atoms with Gasteiger partial charge >= 0.3 is 0 Å². The van der Waals surface area contributed by atoms with Gasteiger partial charge < -0.3 is 25.1 Å². The number of amides is 2. The van der Waals surface area contributed by atoms with Crippen LogP contribution in [0.25, 0.3) is 0 Å². The zero-order valence-corrected chi connectivity index (χ0v) is 19.3. The van der Waals surface area contributed by atoms with E-state index in [1.807, 2.05) is 43.5 Å². The topological polar surface area (TPSA) is 129 Å². The van der Waals surface area contributed by atoms with Gasteiger partial charge in [0.1, 0.15) is 0 Å². The fourth-order valence-corrected chi connectivity index (χ4v) is 3.98. The minimum absolute atomic E-state index is 0.0366. The number of carboxylic acids is 1. The number of nitrogens with zero attached hydrogens (tertiary/aromatic N) is 3. The minimum Gasteiger partial charge on any atom is -0.545 e. The lowest BCUT2D eigenvalue weighted by molar-refractivity contribution is -0.255. The normalized spacial score (nSPS) is 11.6. The molecule has 3 aromatic rings. The Morgan fingerprint density at radius 1 is 1.09 bits per heavy atom. The van der Waals surface area contributed by atoms with Crippen molar-refractivity contribution in [3.8, 4) is 0 Å². The molecule has 0 aliphatic heterocycles. The number of carboxylic acid groups (broad SMARTS) is 1. The standard InChI is InChI=1S/C23H25N5O4S/c1-4-28-20(15(3)24-21(30)17-7-5-6-14(2)12-17)26-27-23(28)33-13-19(29)25-18-10-8-16(9-11-18)22(31)32/h5-12,15H,4,13H2,1-3H3,(H,24,30)(H,25,29)(H,31,32)/p-1/t15-/m0/s1. The number of anilines is 1. The molecule has 3 rings (SSSR count). The molecule has 9 nitrogen and oxygen atoms in total. The van der Waals surface area contributed by atoms with E-state index in [1.54, 1.807) is 6.07 Å². The molecule has 2 aromatic carbocycles. The van der Waals surface area contributed by atoms with Gasteiger partial charge in [-0.25, -0.2) is 0 Å². The molecule has 0 saturated carbocycles. The highest BCUT2D eigenvalue weighted by atomic mass is 32.2. The molecular formula is C23H24N5O4S-. The van der Waals surface area contributed by atoms with Crippen LogP contribution in [0.5, 0.6) is 0 Å². The SMILES string of the molecule is CCn1c(SCC(=O)Nc2ccc(C(=O)[O-])cc2)nnc1[C@H](C)NC(=O)c1cccc(C)c1. The summed E-state index contributed by atoms with van der Waals surface area (Å²) in [6, 6.07) is 12.7. The van der Waals surface area contributed by atoms with Crippen LogP contribution in [-0.4, -0.2) is 38.3 Å². The molecule has 1 heterocycles. The molecule has 2 amide bonds. The Labute approximate surface area is 195 Å². The van der Waals surface area contributed by atoms with Crippen molar-refractivity contribution >= 4 is 35.2 Å². The van der Waals surface area contributed by atoms with Crippen LogP contribution in [0.1, 0.15) is 52.0 Å². The molecule has 1 atom stereocenters. The average molecular weight is 467 g/mol. The molecule has 0 fully saturated rings.